The van der Waals surface area contributed by atoms with E-state index in [2.05, 4.69) is 19.8 Å². The van der Waals surface area contributed by atoms with Gasteiger partial charge in [0.2, 0.25) is 0 Å². The standard InChI is InChI=1S/C24H20N6O2S/c1-16-5-3-4-6-24(16)33(31,32)29-20-9-18(11-25-13-20)17-7-8-21-22(10-17)28-23(14-26-21)19-12-27-30(2)15-19/h3-15,29H,1-2H3. The van der Waals surface area contributed by atoms with Crippen molar-refractivity contribution in [1.82, 2.24) is 24.7 Å². The van der Waals surface area contributed by atoms with Crippen molar-refractivity contribution < 1.29 is 8.42 Å². The summed E-state index contributed by atoms with van der Waals surface area (Å²) in [6, 6.07) is 14.3. The Morgan fingerprint density at radius 3 is 2.52 bits per heavy atom. The molecule has 0 aliphatic rings. The Morgan fingerprint density at radius 1 is 0.879 bits per heavy atom. The van der Waals surface area contributed by atoms with E-state index in [-0.39, 0.29) is 4.90 Å². The van der Waals surface area contributed by atoms with Crippen LogP contribution in [0.15, 0.2) is 84.4 Å². The number of sulfonamides is 1. The molecular weight excluding hydrogens is 436 g/mol. The third kappa shape index (κ3) is 4.18. The summed E-state index contributed by atoms with van der Waals surface area (Å²) in [6.07, 6.45) is 8.52. The van der Waals surface area contributed by atoms with Gasteiger partial charge in [-0.05, 0) is 42.3 Å². The van der Waals surface area contributed by atoms with Crippen LogP contribution >= 0.6 is 0 Å². The lowest BCUT2D eigenvalue weighted by Crippen LogP contribution is -2.14. The van der Waals surface area contributed by atoms with Crippen LogP contribution in [0, 0.1) is 6.92 Å². The number of nitrogens with one attached hydrogen (secondary N) is 1. The van der Waals surface area contributed by atoms with Crippen molar-refractivity contribution >= 4 is 26.7 Å². The number of fused-ring (bicyclic) bond motifs is 1. The minimum absolute atomic E-state index is 0.235. The van der Waals surface area contributed by atoms with E-state index < -0.39 is 10.0 Å². The Balaban J connectivity index is 1.49. The number of aromatic nitrogens is 5. The zero-order valence-electron chi connectivity index (χ0n) is 18.0. The fourth-order valence-electron chi connectivity index (χ4n) is 3.61. The summed E-state index contributed by atoms with van der Waals surface area (Å²) in [7, 11) is -1.88. The fourth-order valence-corrected chi connectivity index (χ4v) is 4.89. The summed E-state index contributed by atoms with van der Waals surface area (Å²) in [5.41, 5.74) is 5.76. The lowest BCUT2D eigenvalue weighted by Gasteiger charge is -2.11. The quantitative estimate of drug-likeness (QED) is 0.425. The number of nitrogens with zero attached hydrogens (tertiary/aromatic N) is 5. The lowest BCUT2D eigenvalue weighted by atomic mass is 10.1. The number of benzene rings is 2. The van der Waals surface area contributed by atoms with Crippen LogP contribution in [0.25, 0.3) is 33.4 Å². The smallest absolute Gasteiger partial charge is 0.262 e. The molecule has 9 heteroatoms. The Bertz CT molecular complexity index is 1590. The van der Waals surface area contributed by atoms with Gasteiger partial charge in [0.15, 0.2) is 0 Å². The lowest BCUT2D eigenvalue weighted by molar-refractivity contribution is 0.600. The molecule has 0 atom stereocenters. The largest absolute Gasteiger partial charge is 0.278 e. The summed E-state index contributed by atoms with van der Waals surface area (Å²) < 4.78 is 30.1. The zero-order valence-corrected chi connectivity index (χ0v) is 18.8. The van der Waals surface area contributed by atoms with E-state index in [0.717, 1.165) is 33.4 Å². The topological polar surface area (TPSA) is 103 Å². The zero-order chi connectivity index (χ0) is 23.0. The predicted octanol–water partition coefficient (Wildman–Crippen LogP) is 4.20. The third-order valence-electron chi connectivity index (χ3n) is 5.25. The summed E-state index contributed by atoms with van der Waals surface area (Å²) in [5, 5.41) is 4.19. The Kier molecular flexibility index (Phi) is 5.10. The molecule has 0 aliphatic heterocycles. The van der Waals surface area contributed by atoms with Gasteiger partial charge in [-0.2, -0.15) is 5.10 Å². The van der Waals surface area contributed by atoms with Gasteiger partial charge in [0, 0.05) is 30.6 Å². The van der Waals surface area contributed by atoms with Gasteiger partial charge >= 0.3 is 0 Å². The van der Waals surface area contributed by atoms with Crippen molar-refractivity contribution in [2.24, 2.45) is 7.05 Å². The highest BCUT2D eigenvalue weighted by Crippen LogP contribution is 2.27. The average molecular weight is 457 g/mol. The second-order valence-electron chi connectivity index (χ2n) is 7.69. The highest BCUT2D eigenvalue weighted by Gasteiger charge is 2.17. The molecule has 164 valence electrons. The molecule has 0 radical (unpaired) electrons. The molecule has 0 amide bonds. The number of hydrogen-bond acceptors (Lipinski definition) is 6. The van der Waals surface area contributed by atoms with Crippen molar-refractivity contribution in [1.29, 1.82) is 0 Å². The third-order valence-corrected chi connectivity index (χ3v) is 6.79. The number of pyridine rings is 1. The summed E-state index contributed by atoms with van der Waals surface area (Å²) in [4.78, 5) is 13.7. The summed E-state index contributed by atoms with van der Waals surface area (Å²) >= 11 is 0. The Hall–Kier alpha value is -4.11. The van der Waals surface area contributed by atoms with E-state index in [9.17, 15) is 8.42 Å². The van der Waals surface area contributed by atoms with Crippen molar-refractivity contribution in [2.75, 3.05) is 4.72 Å². The molecule has 8 nitrogen and oxygen atoms in total. The maximum atomic E-state index is 12.9. The highest BCUT2D eigenvalue weighted by molar-refractivity contribution is 7.92. The number of aryl methyl sites for hydroxylation is 2. The molecule has 3 aromatic heterocycles. The van der Waals surface area contributed by atoms with E-state index in [1.165, 1.54) is 6.20 Å². The first kappa shape index (κ1) is 20.8. The van der Waals surface area contributed by atoms with Gasteiger partial charge in [-0.25, -0.2) is 13.4 Å². The van der Waals surface area contributed by atoms with Crippen LogP contribution in [0.5, 0.6) is 0 Å². The number of hydrogen-bond donors (Lipinski definition) is 1. The first-order chi connectivity index (χ1) is 15.9. The van der Waals surface area contributed by atoms with Gasteiger partial charge in [0.05, 0.1) is 45.9 Å². The SMILES string of the molecule is Cc1ccccc1S(=O)(=O)Nc1cncc(-c2ccc3ncc(-c4cnn(C)c4)nc3c2)c1. The molecule has 0 bridgehead atoms. The molecular formula is C24H20N6O2S. The van der Waals surface area contributed by atoms with E-state index in [1.54, 1.807) is 60.5 Å². The van der Waals surface area contributed by atoms with E-state index in [4.69, 9.17) is 4.98 Å². The van der Waals surface area contributed by atoms with Gasteiger partial charge < -0.3 is 0 Å². The second kappa shape index (κ2) is 8.10. The molecule has 0 spiro atoms. The Morgan fingerprint density at radius 2 is 1.73 bits per heavy atom. The van der Waals surface area contributed by atoms with Crippen LogP contribution in [-0.4, -0.2) is 33.2 Å². The monoisotopic (exact) mass is 456 g/mol. The summed E-state index contributed by atoms with van der Waals surface area (Å²) in [6.45, 7) is 1.76. The average Bonchev–Trinajstić information content (AvgIpc) is 3.24. The van der Waals surface area contributed by atoms with Gasteiger partial charge in [0.1, 0.15) is 0 Å². The molecule has 0 saturated heterocycles. The fraction of sp³-hybridized carbons (Fsp3) is 0.0833. The normalized spacial score (nSPS) is 11.6. The van der Waals surface area contributed by atoms with Crippen LogP contribution in [0.1, 0.15) is 5.56 Å². The minimum atomic E-state index is -3.73. The summed E-state index contributed by atoms with van der Waals surface area (Å²) in [5.74, 6) is 0. The minimum Gasteiger partial charge on any atom is -0.278 e. The van der Waals surface area contributed by atoms with Crippen LogP contribution in [0.3, 0.4) is 0 Å². The molecule has 2 aromatic carbocycles. The van der Waals surface area contributed by atoms with Gasteiger partial charge in [-0.15, -0.1) is 0 Å². The molecule has 0 unspecified atom stereocenters. The van der Waals surface area contributed by atoms with Gasteiger partial charge in [0.25, 0.3) is 10.0 Å². The van der Waals surface area contributed by atoms with E-state index in [0.29, 0.717) is 11.3 Å². The van der Waals surface area contributed by atoms with E-state index in [1.807, 2.05) is 31.4 Å². The maximum absolute atomic E-state index is 12.9. The predicted molar refractivity (Wildman–Crippen MR) is 127 cm³/mol. The molecule has 0 saturated carbocycles. The number of rotatable bonds is 5. The first-order valence-electron chi connectivity index (χ1n) is 10.2. The maximum Gasteiger partial charge on any atom is 0.262 e. The second-order valence-corrected chi connectivity index (χ2v) is 9.35. The highest BCUT2D eigenvalue weighted by atomic mass is 32.2. The molecule has 5 rings (SSSR count). The van der Waals surface area contributed by atoms with Crippen molar-refractivity contribution in [3.05, 3.63) is 85.1 Å². The van der Waals surface area contributed by atoms with Crippen LogP contribution in [0.4, 0.5) is 5.69 Å². The number of anilines is 1. The first-order valence-corrected chi connectivity index (χ1v) is 11.7. The van der Waals surface area contributed by atoms with Crippen LogP contribution in [-0.2, 0) is 17.1 Å². The van der Waals surface area contributed by atoms with Crippen molar-refractivity contribution in [2.45, 2.75) is 11.8 Å². The molecule has 0 aliphatic carbocycles. The molecule has 0 fully saturated rings. The van der Waals surface area contributed by atoms with E-state index >= 15 is 0 Å². The van der Waals surface area contributed by atoms with Crippen LogP contribution < -0.4 is 4.72 Å². The van der Waals surface area contributed by atoms with Gasteiger partial charge in [-0.1, -0.05) is 24.3 Å². The molecule has 1 N–H and O–H groups in total. The van der Waals surface area contributed by atoms with Gasteiger partial charge in [-0.3, -0.25) is 19.4 Å². The molecule has 33 heavy (non-hydrogen) atoms. The van der Waals surface area contributed by atoms with Crippen molar-refractivity contribution in [3.8, 4) is 22.4 Å². The Labute approximate surface area is 191 Å². The van der Waals surface area contributed by atoms with Crippen molar-refractivity contribution in [3.63, 3.8) is 0 Å². The van der Waals surface area contributed by atoms with Crippen LogP contribution in [0.2, 0.25) is 0 Å². The molecule has 5 aromatic rings. The molecule has 3 heterocycles.